The molecule has 0 fully saturated rings. The van der Waals surface area contributed by atoms with Gasteiger partial charge < -0.3 is 21.1 Å². The summed E-state index contributed by atoms with van der Waals surface area (Å²) in [7, 11) is 1.70. The molecule has 0 radical (unpaired) electrons. The van der Waals surface area contributed by atoms with E-state index in [1.54, 1.807) is 7.05 Å². The molecule has 1 amide bonds. The van der Waals surface area contributed by atoms with Crippen LogP contribution in [0, 0.1) is 0 Å². The molecule has 0 saturated heterocycles. The lowest BCUT2D eigenvalue weighted by molar-refractivity contribution is 0.161. The predicted octanol–water partition coefficient (Wildman–Crippen LogP) is 0.679. The molecule has 8 heteroatoms. The van der Waals surface area contributed by atoms with Crippen molar-refractivity contribution in [1.82, 2.24) is 9.97 Å². The minimum atomic E-state index is -0.813. The van der Waals surface area contributed by atoms with Gasteiger partial charge in [0.05, 0.1) is 12.7 Å². The van der Waals surface area contributed by atoms with Crippen molar-refractivity contribution in [3.63, 3.8) is 0 Å². The third-order valence-corrected chi connectivity index (χ3v) is 1.88. The molecule has 88 valence electrons. The highest BCUT2D eigenvalue weighted by molar-refractivity contribution is 6.32. The SMILES string of the molecule is CNc1ncc(Cl)c(NCCOC(N)=O)n1. The zero-order chi connectivity index (χ0) is 12.0. The number of amides is 1. The molecule has 0 aliphatic carbocycles. The molecule has 0 aliphatic rings. The number of nitrogens with two attached hydrogens (primary N) is 1. The summed E-state index contributed by atoms with van der Waals surface area (Å²) in [6.07, 6.45) is 0.656. The molecule has 0 aromatic carbocycles. The average Bonchev–Trinajstić information content (AvgIpc) is 2.26. The Morgan fingerprint density at radius 3 is 3.06 bits per heavy atom. The van der Waals surface area contributed by atoms with E-state index in [0.717, 1.165) is 0 Å². The Balaban J connectivity index is 2.49. The molecule has 1 aromatic heterocycles. The summed E-state index contributed by atoms with van der Waals surface area (Å²) in [4.78, 5) is 18.3. The largest absolute Gasteiger partial charge is 0.448 e. The quantitative estimate of drug-likeness (QED) is 0.660. The topological polar surface area (TPSA) is 102 Å². The van der Waals surface area contributed by atoms with Crippen molar-refractivity contribution < 1.29 is 9.53 Å². The van der Waals surface area contributed by atoms with E-state index in [-0.39, 0.29) is 6.61 Å². The number of anilines is 2. The van der Waals surface area contributed by atoms with Crippen molar-refractivity contribution in [2.75, 3.05) is 30.8 Å². The summed E-state index contributed by atoms with van der Waals surface area (Å²) in [5.41, 5.74) is 4.80. The summed E-state index contributed by atoms with van der Waals surface area (Å²) in [5, 5.41) is 6.05. The van der Waals surface area contributed by atoms with Crippen molar-refractivity contribution in [3.8, 4) is 0 Å². The lowest BCUT2D eigenvalue weighted by Crippen LogP contribution is -2.19. The van der Waals surface area contributed by atoms with Crippen LogP contribution >= 0.6 is 11.6 Å². The molecule has 0 unspecified atom stereocenters. The fourth-order valence-corrected chi connectivity index (χ4v) is 1.09. The molecule has 0 saturated carbocycles. The monoisotopic (exact) mass is 245 g/mol. The number of ether oxygens (including phenoxy) is 1. The fraction of sp³-hybridized carbons (Fsp3) is 0.375. The van der Waals surface area contributed by atoms with Gasteiger partial charge in [0.2, 0.25) is 5.95 Å². The Morgan fingerprint density at radius 2 is 2.44 bits per heavy atom. The van der Waals surface area contributed by atoms with Crippen LogP contribution in [0.1, 0.15) is 0 Å². The maximum Gasteiger partial charge on any atom is 0.404 e. The first kappa shape index (κ1) is 12.3. The van der Waals surface area contributed by atoms with Gasteiger partial charge in [-0.15, -0.1) is 0 Å². The lowest BCUT2D eigenvalue weighted by Gasteiger charge is -2.08. The minimum absolute atomic E-state index is 0.143. The third-order valence-electron chi connectivity index (χ3n) is 1.61. The number of hydrogen-bond donors (Lipinski definition) is 3. The molecule has 0 bridgehead atoms. The normalized spacial score (nSPS) is 9.62. The third kappa shape index (κ3) is 3.77. The molecule has 0 aliphatic heterocycles. The van der Waals surface area contributed by atoms with Gasteiger partial charge >= 0.3 is 6.09 Å². The van der Waals surface area contributed by atoms with E-state index in [1.807, 2.05) is 0 Å². The average molecular weight is 246 g/mol. The van der Waals surface area contributed by atoms with E-state index in [9.17, 15) is 4.79 Å². The van der Waals surface area contributed by atoms with Gasteiger partial charge in [-0.05, 0) is 0 Å². The van der Waals surface area contributed by atoms with E-state index in [4.69, 9.17) is 17.3 Å². The Kier molecular flexibility index (Phi) is 4.59. The predicted molar refractivity (Wildman–Crippen MR) is 60.6 cm³/mol. The Bertz CT molecular complexity index is 373. The van der Waals surface area contributed by atoms with Crippen molar-refractivity contribution in [1.29, 1.82) is 0 Å². The lowest BCUT2D eigenvalue weighted by atomic mass is 10.5. The highest BCUT2D eigenvalue weighted by Crippen LogP contribution is 2.18. The van der Waals surface area contributed by atoms with Crippen LogP contribution in [-0.4, -0.2) is 36.3 Å². The van der Waals surface area contributed by atoms with E-state index in [2.05, 4.69) is 25.3 Å². The summed E-state index contributed by atoms with van der Waals surface area (Å²) < 4.78 is 4.53. The second-order valence-corrected chi connectivity index (χ2v) is 3.14. The molecule has 0 spiro atoms. The van der Waals surface area contributed by atoms with Crippen LogP contribution in [-0.2, 0) is 4.74 Å². The van der Waals surface area contributed by atoms with Gasteiger partial charge in [-0.25, -0.2) is 9.78 Å². The molecule has 0 atom stereocenters. The van der Waals surface area contributed by atoms with Crippen LogP contribution in [0.25, 0.3) is 0 Å². The number of nitrogens with one attached hydrogen (secondary N) is 2. The number of rotatable bonds is 5. The molecular weight excluding hydrogens is 234 g/mol. The first-order valence-corrected chi connectivity index (χ1v) is 4.87. The maximum absolute atomic E-state index is 10.3. The second-order valence-electron chi connectivity index (χ2n) is 2.73. The zero-order valence-electron chi connectivity index (χ0n) is 8.66. The van der Waals surface area contributed by atoms with Crippen molar-refractivity contribution in [2.24, 2.45) is 5.73 Å². The molecule has 1 heterocycles. The van der Waals surface area contributed by atoms with Gasteiger partial charge in [-0.3, -0.25) is 0 Å². The Labute approximate surface area is 97.3 Å². The van der Waals surface area contributed by atoms with Crippen LogP contribution in [0.3, 0.4) is 0 Å². The summed E-state index contributed by atoms with van der Waals surface area (Å²) >= 11 is 5.85. The molecule has 1 rings (SSSR count). The highest BCUT2D eigenvalue weighted by Gasteiger charge is 2.03. The van der Waals surface area contributed by atoms with Gasteiger partial charge in [0.1, 0.15) is 11.6 Å². The van der Waals surface area contributed by atoms with Crippen LogP contribution in [0.5, 0.6) is 0 Å². The minimum Gasteiger partial charge on any atom is -0.448 e. The number of halogens is 1. The number of hydrogen-bond acceptors (Lipinski definition) is 6. The van der Waals surface area contributed by atoms with Crippen molar-refractivity contribution in [2.45, 2.75) is 0 Å². The van der Waals surface area contributed by atoms with Crippen molar-refractivity contribution >= 4 is 29.5 Å². The number of aromatic nitrogens is 2. The summed E-state index contributed by atoms with van der Waals surface area (Å²) in [5.74, 6) is 0.914. The summed E-state index contributed by atoms with van der Waals surface area (Å²) in [6.45, 7) is 0.507. The maximum atomic E-state index is 10.3. The van der Waals surface area contributed by atoms with Crippen LogP contribution in [0.2, 0.25) is 5.02 Å². The van der Waals surface area contributed by atoms with Crippen molar-refractivity contribution in [3.05, 3.63) is 11.2 Å². The number of primary amides is 1. The van der Waals surface area contributed by atoms with Gasteiger partial charge in [-0.2, -0.15) is 4.98 Å². The molecule has 7 nitrogen and oxygen atoms in total. The van der Waals surface area contributed by atoms with Crippen LogP contribution < -0.4 is 16.4 Å². The molecular formula is C8H12ClN5O2. The fourth-order valence-electron chi connectivity index (χ4n) is 0.933. The summed E-state index contributed by atoms with van der Waals surface area (Å²) in [6, 6.07) is 0. The Morgan fingerprint density at radius 1 is 1.69 bits per heavy atom. The zero-order valence-corrected chi connectivity index (χ0v) is 9.41. The van der Waals surface area contributed by atoms with Gasteiger partial charge in [-0.1, -0.05) is 11.6 Å². The first-order chi connectivity index (χ1) is 7.63. The number of nitrogens with zero attached hydrogens (tertiary/aromatic N) is 2. The highest BCUT2D eigenvalue weighted by atomic mass is 35.5. The van der Waals surface area contributed by atoms with E-state index < -0.39 is 6.09 Å². The van der Waals surface area contributed by atoms with Gasteiger partial charge in [0.25, 0.3) is 0 Å². The molecule has 1 aromatic rings. The van der Waals surface area contributed by atoms with E-state index in [1.165, 1.54) is 6.20 Å². The molecule has 16 heavy (non-hydrogen) atoms. The number of carbonyl (C=O) groups excluding carboxylic acids is 1. The van der Waals surface area contributed by atoms with Gasteiger partial charge in [0, 0.05) is 7.05 Å². The standard InChI is InChI=1S/C8H12ClN5O2/c1-11-8-13-4-5(9)6(14-8)12-2-3-16-7(10)15/h4H,2-3H2,1H3,(H2,10,15)(H2,11,12,13,14). The smallest absolute Gasteiger partial charge is 0.404 e. The Hall–Kier alpha value is -1.76. The van der Waals surface area contributed by atoms with Gasteiger partial charge in [0.15, 0.2) is 5.82 Å². The van der Waals surface area contributed by atoms with Crippen LogP contribution in [0.15, 0.2) is 6.20 Å². The van der Waals surface area contributed by atoms with E-state index >= 15 is 0 Å². The van der Waals surface area contributed by atoms with Crippen LogP contribution in [0.4, 0.5) is 16.6 Å². The molecule has 4 N–H and O–H groups in total. The first-order valence-electron chi connectivity index (χ1n) is 4.50. The van der Waals surface area contributed by atoms with E-state index in [0.29, 0.717) is 23.3 Å². The number of carbonyl (C=O) groups is 1. The second kappa shape index (κ2) is 5.96.